The highest BCUT2D eigenvalue weighted by molar-refractivity contribution is 9.10. The lowest BCUT2D eigenvalue weighted by atomic mass is 9.98. The number of aliphatic hydroxyl groups excluding tert-OH is 1. The summed E-state index contributed by atoms with van der Waals surface area (Å²) in [6.07, 6.45) is 0.694. The highest BCUT2D eigenvalue weighted by atomic mass is 79.9. The number of Topliss-reactive ketones (excluding diaryl/α,β-unsaturated/α-hetero) is 1. The summed E-state index contributed by atoms with van der Waals surface area (Å²) in [4.78, 5) is 28.4. The van der Waals surface area contributed by atoms with Crippen molar-refractivity contribution in [1.29, 1.82) is 0 Å². The molecule has 31 heavy (non-hydrogen) atoms. The van der Waals surface area contributed by atoms with Crippen molar-refractivity contribution < 1.29 is 24.2 Å². The van der Waals surface area contributed by atoms with Gasteiger partial charge in [-0.05, 0) is 78.3 Å². The summed E-state index contributed by atoms with van der Waals surface area (Å²) in [5.74, 6) is -0.864. The Morgan fingerprint density at radius 1 is 1.29 bits per heavy atom. The Morgan fingerprint density at radius 3 is 2.61 bits per heavy atom. The molecule has 1 aliphatic rings. The first kappa shape index (κ1) is 23.5. The quantitative estimate of drug-likeness (QED) is 0.233. The average molecular weight is 508 g/mol. The number of aryl methyl sites for hydroxylation is 1. The van der Waals surface area contributed by atoms with Gasteiger partial charge in [-0.15, -0.1) is 11.3 Å². The van der Waals surface area contributed by atoms with E-state index in [9.17, 15) is 14.7 Å². The number of methoxy groups -OCH3 is 1. The van der Waals surface area contributed by atoms with Crippen LogP contribution in [0.2, 0.25) is 0 Å². The summed E-state index contributed by atoms with van der Waals surface area (Å²) in [7, 11) is 1.55. The van der Waals surface area contributed by atoms with E-state index in [1.807, 2.05) is 32.2 Å². The molecule has 1 N–H and O–H groups in total. The summed E-state index contributed by atoms with van der Waals surface area (Å²) in [5.41, 5.74) is 1.52. The molecule has 166 valence electrons. The van der Waals surface area contributed by atoms with E-state index in [2.05, 4.69) is 15.9 Å². The second kappa shape index (κ2) is 9.97. The van der Waals surface area contributed by atoms with Crippen LogP contribution in [0.25, 0.3) is 5.76 Å². The number of ketones is 1. The Hall–Kier alpha value is -2.16. The fraction of sp³-hybridized carbons (Fsp3) is 0.391. The number of halogens is 1. The predicted molar refractivity (Wildman–Crippen MR) is 124 cm³/mol. The number of nitrogens with zero attached hydrogens (tertiary/aromatic N) is 1. The van der Waals surface area contributed by atoms with Crippen LogP contribution in [-0.4, -0.2) is 48.1 Å². The minimum Gasteiger partial charge on any atom is -0.507 e. The lowest BCUT2D eigenvalue weighted by molar-refractivity contribution is -0.140. The summed E-state index contributed by atoms with van der Waals surface area (Å²) in [6, 6.07) is 6.37. The Labute approximate surface area is 194 Å². The van der Waals surface area contributed by atoms with Crippen molar-refractivity contribution in [3.63, 3.8) is 0 Å². The molecular weight excluding hydrogens is 482 g/mol. The van der Waals surface area contributed by atoms with Crippen molar-refractivity contribution in [1.82, 2.24) is 4.90 Å². The van der Waals surface area contributed by atoms with E-state index in [0.29, 0.717) is 35.4 Å². The fourth-order valence-corrected chi connectivity index (χ4v) is 5.16. The Balaban J connectivity index is 2.03. The summed E-state index contributed by atoms with van der Waals surface area (Å²) in [5, 5.41) is 13.0. The summed E-state index contributed by atoms with van der Waals surface area (Å²) < 4.78 is 11.5. The van der Waals surface area contributed by atoms with Gasteiger partial charge >= 0.3 is 0 Å². The zero-order valence-corrected chi connectivity index (χ0v) is 20.4. The molecule has 1 aliphatic heterocycles. The molecule has 1 fully saturated rings. The van der Waals surface area contributed by atoms with E-state index >= 15 is 0 Å². The van der Waals surface area contributed by atoms with E-state index in [4.69, 9.17) is 9.47 Å². The molecule has 1 unspecified atom stereocenters. The van der Waals surface area contributed by atoms with E-state index < -0.39 is 17.7 Å². The van der Waals surface area contributed by atoms with Crippen LogP contribution in [0.5, 0.6) is 5.75 Å². The first-order chi connectivity index (χ1) is 14.8. The zero-order chi connectivity index (χ0) is 22.7. The van der Waals surface area contributed by atoms with Gasteiger partial charge in [-0.2, -0.15) is 0 Å². The molecule has 6 nitrogen and oxygen atoms in total. The van der Waals surface area contributed by atoms with Crippen LogP contribution in [-0.2, 0) is 14.3 Å². The van der Waals surface area contributed by atoms with Crippen LogP contribution in [0.4, 0.5) is 0 Å². The van der Waals surface area contributed by atoms with Crippen molar-refractivity contribution in [3.05, 3.63) is 55.7 Å². The van der Waals surface area contributed by atoms with Gasteiger partial charge in [-0.25, -0.2) is 0 Å². The molecule has 1 saturated heterocycles. The average Bonchev–Trinajstić information content (AvgIpc) is 3.25. The fourth-order valence-electron chi connectivity index (χ4n) is 3.57. The number of hydrogen-bond donors (Lipinski definition) is 1. The molecule has 2 heterocycles. The maximum Gasteiger partial charge on any atom is 0.295 e. The number of rotatable bonds is 8. The second-order valence-corrected chi connectivity index (χ2v) is 9.38. The molecule has 0 aliphatic carbocycles. The van der Waals surface area contributed by atoms with Gasteiger partial charge in [-0.3, -0.25) is 9.59 Å². The summed E-state index contributed by atoms with van der Waals surface area (Å²) in [6.45, 7) is 6.70. The van der Waals surface area contributed by atoms with E-state index in [1.165, 1.54) is 11.3 Å². The number of aliphatic hydroxyl groups is 1. The van der Waals surface area contributed by atoms with Crippen LogP contribution in [0, 0.1) is 6.92 Å². The Bertz CT molecular complexity index is 1010. The maximum absolute atomic E-state index is 13.0. The third-order valence-electron chi connectivity index (χ3n) is 5.11. The van der Waals surface area contributed by atoms with Crippen molar-refractivity contribution in [2.75, 3.05) is 20.3 Å². The van der Waals surface area contributed by atoms with Crippen LogP contribution < -0.4 is 4.74 Å². The van der Waals surface area contributed by atoms with Crippen LogP contribution in [0.3, 0.4) is 0 Å². The molecule has 0 spiro atoms. The van der Waals surface area contributed by atoms with Crippen molar-refractivity contribution in [2.45, 2.75) is 39.3 Å². The van der Waals surface area contributed by atoms with Gasteiger partial charge in [0.05, 0.1) is 29.3 Å². The normalized spacial score (nSPS) is 18.3. The number of benzene rings is 1. The number of amides is 1. The SMILES string of the molecule is COc1ccc(/C(O)=C2/C(=O)C(=O)N(CCCOC(C)C)C2c2sccc2C)cc1Br. The van der Waals surface area contributed by atoms with Gasteiger partial charge < -0.3 is 19.5 Å². The Morgan fingerprint density at radius 2 is 2.03 bits per heavy atom. The molecule has 2 aromatic rings. The minimum atomic E-state index is -0.674. The molecule has 0 bridgehead atoms. The van der Waals surface area contributed by atoms with Crippen molar-refractivity contribution >= 4 is 44.7 Å². The van der Waals surface area contributed by atoms with Crippen LogP contribution in [0.15, 0.2) is 39.7 Å². The number of thiophene rings is 1. The van der Waals surface area contributed by atoms with Gasteiger partial charge in [0, 0.05) is 23.6 Å². The number of likely N-dealkylation sites (tertiary alicyclic amines) is 1. The number of hydrogen-bond acceptors (Lipinski definition) is 6. The molecule has 8 heteroatoms. The van der Waals surface area contributed by atoms with Gasteiger partial charge in [0.2, 0.25) is 0 Å². The first-order valence-electron chi connectivity index (χ1n) is 10.0. The van der Waals surface area contributed by atoms with Gasteiger partial charge in [-0.1, -0.05) is 0 Å². The molecule has 0 saturated carbocycles. The smallest absolute Gasteiger partial charge is 0.295 e. The zero-order valence-electron chi connectivity index (χ0n) is 18.0. The largest absolute Gasteiger partial charge is 0.507 e. The Kier molecular flexibility index (Phi) is 7.56. The van der Waals surface area contributed by atoms with Gasteiger partial charge in [0.1, 0.15) is 11.5 Å². The monoisotopic (exact) mass is 507 g/mol. The van der Waals surface area contributed by atoms with Gasteiger partial charge in [0.15, 0.2) is 0 Å². The second-order valence-electron chi connectivity index (χ2n) is 7.58. The number of ether oxygens (including phenoxy) is 2. The molecule has 1 amide bonds. The number of carbonyl (C=O) groups is 2. The maximum atomic E-state index is 13.0. The van der Waals surface area contributed by atoms with Crippen LogP contribution in [0.1, 0.15) is 42.3 Å². The molecular formula is C23H26BrNO5S. The first-order valence-corrected chi connectivity index (χ1v) is 11.7. The molecule has 1 aromatic carbocycles. The lowest BCUT2D eigenvalue weighted by Gasteiger charge is -2.25. The molecule has 1 atom stereocenters. The summed E-state index contributed by atoms with van der Waals surface area (Å²) >= 11 is 4.88. The third-order valence-corrected chi connectivity index (χ3v) is 6.80. The topological polar surface area (TPSA) is 76.1 Å². The minimum absolute atomic E-state index is 0.0965. The van der Waals surface area contributed by atoms with E-state index in [-0.39, 0.29) is 17.4 Å². The predicted octanol–water partition coefficient (Wildman–Crippen LogP) is 5.06. The highest BCUT2D eigenvalue weighted by Gasteiger charge is 2.46. The third kappa shape index (κ3) is 4.86. The van der Waals surface area contributed by atoms with E-state index in [0.717, 1.165) is 10.4 Å². The van der Waals surface area contributed by atoms with Crippen LogP contribution >= 0.6 is 27.3 Å². The van der Waals surface area contributed by atoms with E-state index in [1.54, 1.807) is 30.2 Å². The highest BCUT2D eigenvalue weighted by Crippen LogP contribution is 2.43. The standard InChI is InChI=1S/C23H26BrNO5S/c1-13(2)30-10-5-9-25-19(22-14(3)8-11-31-22)18(21(27)23(25)28)20(26)15-6-7-17(29-4)16(24)12-15/h6-8,11-13,19,26H,5,9-10H2,1-4H3/b20-18-. The molecule has 0 radical (unpaired) electrons. The molecule has 1 aromatic heterocycles. The van der Waals surface area contributed by atoms with Crippen molar-refractivity contribution in [2.24, 2.45) is 0 Å². The van der Waals surface area contributed by atoms with Crippen molar-refractivity contribution in [3.8, 4) is 5.75 Å². The van der Waals surface area contributed by atoms with Gasteiger partial charge in [0.25, 0.3) is 11.7 Å². The molecule has 3 rings (SSSR count). The number of carbonyl (C=O) groups excluding carboxylic acids is 2. The lowest BCUT2D eigenvalue weighted by Crippen LogP contribution is -2.31.